The molecule has 1 aromatic carbocycles. The molecule has 0 aliphatic rings. The van der Waals surface area contributed by atoms with Crippen LogP contribution in [0.4, 0.5) is 0 Å². The molecule has 1 aromatic rings. The molecule has 1 rings (SSSR count). The van der Waals surface area contributed by atoms with Crippen LogP contribution in [0.15, 0.2) is 48.0 Å². The highest BCUT2D eigenvalue weighted by molar-refractivity contribution is 5.94. The second kappa shape index (κ2) is 12.2. The van der Waals surface area contributed by atoms with Gasteiger partial charge in [-0.2, -0.15) is 0 Å². The molecule has 5 heteroatoms. The molecule has 0 saturated carbocycles. The van der Waals surface area contributed by atoms with Crippen LogP contribution in [0.1, 0.15) is 36.0 Å². The number of hydrogen-bond acceptors (Lipinski definition) is 2. The lowest BCUT2D eigenvalue weighted by Crippen LogP contribution is -2.42. The van der Waals surface area contributed by atoms with Crippen molar-refractivity contribution < 1.29 is 4.79 Å². The Morgan fingerprint density at radius 1 is 1.17 bits per heavy atom. The van der Waals surface area contributed by atoms with E-state index in [-0.39, 0.29) is 5.91 Å². The highest BCUT2D eigenvalue weighted by atomic mass is 16.1. The minimum atomic E-state index is -0.0528. The van der Waals surface area contributed by atoms with Crippen molar-refractivity contribution in [3.63, 3.8) is 0 Å². The Labute approximate surface area is 145 Å². The number of rotatable bonds is 10. The van der Waals surface area contributed by atoms with Gasteiger partial charge in [-0.15, -0.1) is 6.58 Å². The van der Waals surface area contributed by atoms with Gasteiger partial charge in [0.15, 0.2) is 5.96 Å². The number of unbranched alkanes of at least 4 members (excludes halogenated alkanes) is 3. The molecule has 0 atom stereocenters. The number of benzene rings is 1. The molecule has 0 heterocycles. The van der Waals surface area contributed by atoms with Gasteiger partial charge in [-0.25, -0.2) is 0 Å². The zero-order chi connectivity index (χ0) is 17.6. The summed E-state index contributed by atoms with van der Waals surface area (Å²) in [7, 11) is 3.81. The molecular formula is C19H30N4O. The van der Waals surface area contributed by atoms with Gasteiger partial charge in [-0.1, -0.05) is 30.7 Å². The van der Waals surface area contributed by atoms with Crippen LogP contribution in [-0.2, 0) is 0 Å². The summed E-state index contributed by atoms with van der Waals surface area (Å²) in [6, 6.07) is 9.23. The number of aliphatic imine (C=N–C) groups is 1. The molecule has 0 radical (unpaired) electrons. The third-order valence-corrected chi connectivity index (χ3v) is 3.70. The van der Waals surface area contributed by atoms with E-state index in [9.17, 15) is 4.79 Å². The molecule has 0 aliphatic carbocycles. The maximum atomic E-state index is 11.9. The van der Waals surface area contributed by atoms with Crippen LogP contribution in [0.3, 0.4) is 0 Å². The Bertz CT molecular complexity index is 513. The van der Waals surface area contributed by atoms with Crippen LogP contribution >= 0.6 is 0 Å². The van der Waals surface area contributed by atoms with Crippen molar-refractivity contribution in [2.45, 2.75) is 25.7 Å². The van der Waals surface area contributed by atoms with Crippen LogP contribution in [0.25, 0.3) is 0 Å². The van der Waals surface area contributed by atoms with E-state index in [1.54, 1.807) is 7.05 Å². The van der Waals surface area contributed by atoms with Crippen molar-refractivity contribution in [1.29, 1.82) is 0 Å². The molecular weight excluding hydrogens is 300 g/mol. The SMILES string of the molecule is C=CCCCCCN(C)C(=NC)NCCNC(=O)c1ccccc1. The van der Waals surface area contributed by atoms with E-state index in [2.05, 4.69) is 27.1 Å². The fourth-order valence-corrected chi connectivity index (χ4v) is 2.35. The number of hydrogen-bond donors (Lipinski definition) is 2. The maximum Gasteiger partial charge on any atom is 0.251 e. The van der Waals surface area contributed by atoms with Gasteiger partial charge < -0.3 is 15.5 Å². The summed E-state index contributed by atoms with van der Waals surface area (Å²) in [5, 5.41) is 6.17. The van der Waals surface area contributed by atoms with Gasteiger partial charge in [-0.3, -0.25) is 9.79 Å². The van der Waals surface area contributed by atoms with Gasteiger partial charge in [0.1, 0.15) is 0 Å². The van der Waals surface area contributed by atoms with Crippen molar-refractivity contribution in [2.24, 2.45) is 4.99 Å². The summed E-state index contributed by atoms with van der Waals surface area (Å²) in [4.78, 5) is 18.3. The fourth-order valence-electron chi connectivity index (χ4n) is 2.35. The quantitative estimate of drug-likeness (QED) is 0.300. The number of carbonyl (C=O) groups excluding carboxylic acids is 1. The van der Waals surface area contributed by atoms with E-state index >= 15 is 0 Å². The molecule has 0 aliphatic heterocycles. The van der Waals surface area contributed by atoms with Gasteiger partial charge in [0.2, 0.25) is 0 Å². The standard InChI is InChI=1S/C19H30N4O/c1-4-5-6-7-11-16-23(3)19(20-2)22-15-14-21-18(24)17-12-9-8-10-13-17/h4,8-10,12-13H,1,5-7,11,14-16H2,2-3H3,(H,20,22)(H,21,24). The highest BCUT2D eigenvalue weighted by Gasteiger charge is 2.06. The predicted octanol–water partition coefficient (Wildman–Crippen LogP) is 2.67. The van der Waals surface area contributed by atoms with Crippen LogP contribution < -0.4 is 10.6 Å². The van der Waals surface area contributed by atoms with E-state index in [1.807, 2.05) is 43.5 Å². The summed E-state index contributed by atoms with van der Waals surface area (Å²) in [6.07, 6.45) is 6.57. The number of carbonyl (C=O) groups is 1. The number of nitrogens with zero attached hydrogens (tertiary/aromatic N) is 2. The summed E-state index contributed by atoms with van der Waals surface area (Å²) in [6.45, 7) is 5.90. The Morgan fingerprint density at radius 3 is 2.54 bits per heavy atom. The molecule has 132 valence electrons. The summed E-state index contributed by atoms with van der Waals surface area (Å²) in [5.74, 6) is 0.802. The van der Waals surface area contributed by atoms with E-state index in [0.29, 0.717) is 18.7 Å². The zero-order valence-electron chi connectivity index (χ0n) is 14.9. The molecule has 0 unspecified atom stereocenters. The van der Waals surface area contributed by atoms with Crippen molar-refractivity contribution in [2.75, 3.05) is 33.7 Å². The Hall–Kier alpha value is -2.30. The van der Waals surface area contributed by atoms with Gasteiger partial charge >= 0.3 is 0 Å². The average molecular weight is 330 g/mol. The van der Waals surface area contributed by atoms with Crippen molar-refractivity contribution in [1.82, 2.24) is 15.5 Å². The summed E-state index contributed by atoms with van der Waals surface area (Å²) < 4.78 is 0. The zero-order valence-corrected chi connectivity index (χ0v) is 14.9. The largest absolute Gasteiger partial charge is 0.354 e. The van der Waals surface area contributed by atoms with Crippen molar-refractivity contribution in [3.05, 3.63) is 48.6 Å². The Balaban J connectivity index is 2.21. The maximum absolute atomic E-state index is 11.9. The third kappa shape index (κ3) is 7.81. The predicted molar refractivity (Wildman–Crippen MR) is 101 cm³/mol. The smallest absolute Gasteiger partial charge is 0.251 e. The minimum absolute atomic E-state index is 0.0528. The van der Waals surface area contributed by atoms with Gasteiger partial charge in [0.25, 0.3) is 5.91 Å². The van der Waals surface area contributed by atoms with Crippen LogP contribution in [0.2, 0.25) is 0 Å². The van der Waals surface area contributed by atoms with E-state index in [1.165, 1.54) is 12.8 Å². The number of amides is 1. The van der Waals surface area contributed by atoms with E-state index < -0.39 is 0 Å². The van der Waals surface area contributed by atoms with Gasteiger partial charge in [0.05, 0.1) is 0 Å². The lowest BCUT2D eigenvalue weighted by Gasteiger charge is -2.22. The normalized spacial score (nSPS) is 11.0. The Kier molecular flexibility index (Phi) is 10.0. The van der Waals surface area contributed by atoms with Crippen LogP contribution in [0.5, 0.6) is 0 Å². The molecule has 0 saturated heterocycles. The molecule has 2 N–H and O–H groups in total. The highest BCUT2D eigenvalue weighted by Crippen LogP contribution is 2.01. The van der Waals surface area contributed by atoms with Crippen LogP contribution in [0, 0.1) is 0 Å². The van der Waals surface area contributed by atoms with Gasteiger partial charge in [0, 0.05) is 39.3 Å². The molecule has 24 heavy (non-hydrogen) atoms. The first-order valence-electron chi connectivity index (χ1n) is 8.55. The van der Waals surface area contributed by atoms with E-state index in [4.69, 9.17) is 0 Å². The number of allylic oxidation sites excluding steroid dienone is 1. The Morgan fingerprint density at radius 2 is 1.88 bits per heavy atom. The molecule has 0 aromatic heterocycles. The summed E-state index contributed by atoms with van der Waals surface area (Å²) >= 11 is 0. The molecule has 1 amide bonds. The first-order chi connectivity index (χ1) is 11.7. The monoisotopic (exact) mass is 330 g/mol. The molecule has 0 spiro atoms. The number of guanidine groups is 1. The van der Waals surface area contributed by atoms with E-state index in [0.717, 1.165) is 25.3 Å². The second-order valence-corrected chi connectivity index (χ2v) is 5.66. The molecule has 0 bridgehead atoms. The summed E-state index contributed by atoms with van der Waals surface area (Å²) in [5.41, 5.74) is 0.679. The lowest BCUT2D eigenvalue weighted by atomic mass is 10.2. The second-order valence-electron chi connectivity index (χ2n) is 5.66. The van der Waals surface area contributed by atoms with Crippen LogP contribution in [-0.4, -0.2) is 50.5 Å². The van der Waals surface area contributed by atoms with Crippen molar-refractivity contribution >= 4 is 11.9 Å². The topological polar surface area (TPSA) is 56.7 Å². The molecule has 5 nitrogen and oxygen atoms in total. The fraction of sp³-hybridized carbons (Fsp3) is 0.474. The lowest BCUT2D eigenvalue weighted by molar-refractivity contribution is 0.0954. The van der Waals surface area contributed by atoms with Crippen molar-refractivity contribution in [3.8, 4) is 0 Å². The first kappa shape index (κ1) is 19.7. The van der Waals surface area contributed by atoms with Gasteiger partial charge in [-0.05, 0) is 31.4 Å². The average Bonchev–Trinajstić information content (AvgIpc) is 2.62. The third-order valence-electron chi connectivity index (χ3n) is 3.70. The number of nitrogens with one attached hydrogen (secondary N) is 2. The molecule has 0 fully saturated rings. The first-order valence-corrected chi connectivity index (χ1v) is 8.55. The minimum Gasteiger partial charge on any atom is -0.354 e.